The Morgan fingerprint density at radius 3 is 2.79 bits per heavy atom. The van der Waals surface area contributed by atoms with E-state index in [9.17, 15) is 0 Å². The molecule has 0 aliphatic rings. The Kier molecular flexibility index (Phi) is 2.20. The van der Waals surface area contributed by atoms with Gasteiger partial charge < -0.3 is 0 Å². The SMILES string of the molecule is Cc1nn(C)c(Cc2nn[nH]n2)c1Cl. The van der Waals surface area contributed by atoms with Crippen LogP contribution in [0, 0.1) is 6.92 Å². The number of aromatic nitrogens is 6. The van der Waals surface area contributed by atoms with Gasteiger partial charge in [0.15, 0.2) is 5.82 Å². The summed E-state index contributed by atoms with van der Waals surface area (Å²) in [6.45, 7) is 1.86. The van der Waals surface area contributed by atoms with Crippen LogP contribution in [-0.2, 0) is 13.5 Å². The molecule has 0 bridgehead atoms. The zero-order valence-electron chi connectivity index (χ0n) is 7.82. The van der Waals surface area contributed by atoms with Crippen LogP contribution in [0.4, 0.5) is 0 Å². The molecule has 2 heterocycles. The van der Waals surface area contributed by atoms with Crippen LogP contribution in [0.25, 0.3) is 0 Å². The Labute approximate surface area is 85.3 Å². The maximum absolute atomic E-state index is 6.06. The maximum Gasteiger partial charge on any atom is 0.180 e. The number of nitrogens with one attached hydrogen (secondary N) is 1. The van der Waals surface area contributed by atoms with Crippen molar-refractivity contribution in [2.75, 3.05) is 0 Å². The van der Waals surface area contributed by atoms with Gasteiger partial charge in [0.1, 0.15) is 0 Å². The third kappa shape index (κ3) is 1.48. The van der Waals surface area contributed by atoms with E-state index in [1.54, 1.807) is 4.68 Å². The highest BCUT2D eigenvalue weighted by Crippen LogP contribution is 2.20. The van der Waals surface area contributed by atoms with Gasteiger partial charge in [-0.25, -0.2) is 0 Å². The van der Waals surface area contributed by atoms with E-state index in [2.05, 4.69) is 25.7 Å². The molecule has 0 atom stereocenters. The zero-order valence-corrected chi connectivity index (χ0v) is 8.58. The molecule has 0 aromatic carbocycles. The Balaban J connectivity index is 2.33. The summed E-state index contributed by atoms with van der Waals surface area (Å²) in [7, 11) is 1.84. The fourth-order valence-corrected chi connectivity index (χ4v) is 1.51. The molecule has 2 aromatic rings. The standard InChI is InChI=1S/C7H9ClN6/c1-4-7(8)5(14(2)11-4)3-6-9-12-13-10-6/h3H2,1-2H3,(H,9,10,12,13). The second-order valence-electron chi connectivity index (χ2n) is 2.97. The minimum absolute atomic E-state index is 0.534. The maximum atomic E-state index is 6.06. The Morgan fingerprint density at radius 2 is 2.29 bits per heavy atom. The Hall–Kier alpha value is -1.43. The average molecular weight is 213 g/mol. The van der Waals surface area contributed by atoms with E-state index in [0.29, 0.717) is 17.3 Å². The van der Waals surface area contributed by atoms with Crippen molar-refractivity contribution in [2.24, 2.45) is 7.05 Å². The van der Waals surface area contributed by atoms with Crippen LogP contribution >= 0.6 is 11.6 Å². The van der Waals surface area contributed by atoms with Gasteiger partial charge in [0.05, 0.1) is 22.8 Å². The molecule has 0 spiro atoms. The molecule has 0 aliphatic heterocycles. The number of rotatable bonds is 2. The van der Waals surface area contributed by atoms with Gasteiger partial charge >= 0.3 is 0 Å². The van der Waals surface area contributed by atoms with E-state index >= 15 is 0 Å². The highest BCUT2D eigenvalue weighted by molar-refractivity contribution is 6.31. The summed E-state index contributed by atoms with van der Waals surface area (Å²) < 4.78 is 1.73. The van der Waals surface area contributed by atoms with Crippen molar-refractivity contribution in [3.8, 4) is 0 Å². The molecule has 6 nitrogen and oxygen atoms in total. The van der Waals surface area contributed by atoms with Crippen LogP contribution in [0.3, 0.4) is 0 Å². The predicted molar refractivity (Wildman–Crippen MR) is 49.9 cm³/mol. The van der Waals surface area contributed by atoms with Crippen molar-refractivity contribution in [3.05, 3.63) is 22.2 Å². The topological polar surface area (TPSA) is 72.3 Å². The molecule has 1 N–H and O–H groups in total. The second-order valence-corrected chi connectivity index (χ2v) is 3.35. The van der Waals surface area contributed by atoms with Crippen molar-refractivity contribution < 1.29 is 0 Å². The molecule has 0 unspecified atom stereocenters. The molecule has 0 amide bonds. The minimum atomic E-state index is 0.534. The summed E-state index contributed by atoms with van der Waals surface area (Å²) in [6.07, 6.45) is 0.534. The first kappa shape index (κ1) is 9.14. The molecule has 0 saturated carbocycles. The van der Waals surface area contributed by atoms with Gasteiger partial charge in [-0.1, -0.05) is 16.8 Å². The number of tetrazole rings is 1. The van der Waals surface area contributed by atoms with Crippen molar-refractivity contribution in [3.63, 3.8) is 0 Å². The van der Waals surface area contributed by atoms with Gasteiger partial charge in [-0.05, 0) is 6.92 Å². The number of aromatic amines is 1. The molecule has 74 valence electrons. The molecule has 0 radical (unpaired) electrons. The molecule has 14 heavy (non-hydrogen) atoms. The Morgan fingerprint density at radius 1 is 1.50 bits per heavy atom. The number of H-pyrrole nitrogens is 1. The van der Waals surface area contributed by atoms with Gasteiger partial charge in [0, 0.05) is 7.05 Å². The fraction of sp³-hybridized carbons (Fsp3) is 0.429. The number of hydrogen-bond donors (Lipinski definition) is 1. The number of halogens is 1. The lowest BCUT2D eigenvalue weighted by Gasteiger charge is -1.97. The van der Waals surface area contributed by atoms with E-state index in [0.717, 1.165) is 11.4 Å². The van der Waals surface area contributed by atoms with Gasteiger partial charge in [-0.15, -0.1) is 10.2 Å². The lowest BCUT2D eigenvalue weighted by molar-refractivity contribution is 0.709. The van der Waals surface area contributed by atoms with Gasteiger partial charge in [-0.2, -0.15) is 10.3 Å². The number of nitrogens with zero attached hydrogens (tertiary/aromatic N) is 5. The first-order valence-electron chi connectivity index (χ1n) is 4.08. The summed E-state index contributed by atoms with van der Waals surface area (Å²) in [4.78, 5) is 0. The first-order chi connectivity index (χ1) is 6.68. The molecule has 0 saturated heterocycles. The first-order valence-corrected chi connectivity index (χ1v) is 4.46. The number of aryl methyl sites for hydroxylation is 2. The van der Waals surface area contributed by atoms with Crippen molar-refractivity contribution >= 4 is 11.6 Å². The van der Waals surface area contributed by atoms with E-state index in [1.807, 2.05) is 14.0 Å². The van der Waals surface area contributed by atoms with E-state index < -0.39 is 0 Å². The van der Waals surface area contributed by atoms with E-state index in [-0.39, 0.29) is 0 Å². The van der Waals surface area contributed by atoms with Crippen LogP contribution in [-0.4, -0.2) is 30.4 Å². The number of hydrogen-bond acceptors (Lipinski definition) is 4. The summed E-state index contributed by atoms with van der Waals surface area (Å²) >= 11 is 6.06. The van der Waals surface area contributed by atoms with Gasteiger partial charge in [0.2, 0.25) is 0 Å². The smallest absolute Gasteiger partial charge is 0.180 e. The molecule has 0 fully saturated rings. The quantitative estimate of drug-likeness (QED) is 0.786. The summed E-state index contributed by atoms with van der Waals surface area (Å²) in [6, 6.07) is 0. The van der Waals surface area contributed by atoms with Crippen molar-refractivity contribution in [2.45, 2.75) is 13.3 Å². The largest absolute Gasteiger partial charge is 0.270 e. The van der Waals surface area contributed by atoms with Crippen LogP contribution in [0.1, 0.15) is 17.2 Å². The third-order valence-corrected chi connectivity index (χ3v) is 2.47. The van der Waals surface area contributed by atoms with Crippen LogP contribution in [0.2, 0.25) is 5.02 Å². The average Bonchev–Trinajstić information content (AvgIpc) is 2.71. The molecular weight excluding hydrogens is 204 g/mol. The van der Waals surface area contributed by atoms with E-state index in [4.69, 9.17) is 11.6 Å². The monoisotopic (exact) mass is 212 g/mol. The molecule has 7 heteroatoms. The lowest BCUT2D eigenvalue weighted by Crippen LogP contribution is -2.01. The minimum Gasteiger partial charge on any atom is -0.270 e. The van der Waals surface area contributed by atoms with Crippen LogP contribution < -0.4 is 0 Å². The molecule has 2 rings (SSSR count). The van der Waals surface area contributed by atoms with Crippen LogP contribution in [0.5, 0.6) is 0 Å². The summed E-state index contributed by atoms with van der Waals surface area (Å²) in [5.41, 5.74) is 1.71. The van der Waals surface area contributed by atoms with Gasteiger partial charge in [0.25, 0.3) is 0 Å². The lowest BCUT2D eigenvalue weighted by atomic mass is 10.3. The highest BCUT2D eigenvalue weighted by Gasteiger charge is 2.13. The van der Waals surface area contributed by atoms with E-state index in [1.165, 1.54) is 0 Å². The van der Waals surface area contributed by atoms with Crippen molar-refractivity contribution in [1.82, 2.24) is 30.4 Å². The predicted octanol–water partition coefficient (Wildman–Crippen LogP) is 0.486. The molecule has 2 aromatic heterocycles. The summed E-state index contributed by atoms with van der Waals surface area (Å²) in [5, 5.41) is 18.4. The van der Waals surface area contributed by atoms with Gasteiger partial charge in [-0.3, -0.25) is 4.68 Å². The van der Waals surface area contributed by atoms with Crippen molar-refractivity contribution in [1.29, 1.82) is 0 Å². The normalized spacial score (nSPS) is 10.8. The fourth-order valence-electron chi connectivity index (χ4n) is 1.28. The third-order valence-electron chi connectivity index (χ3n) is 1.98. The Bertz CT molecular complexity index is 431. The molecular formula is C7H9ClN6. The zero-order chi connectivity index (χ0) is 10.1. The highest BCUT2D eigenvalue weighted by atomic mass is 35.5. The summed E-state index contributed by atoms with van der Waals surface area (Å²) in [5.74, 6) is 0.606. The second kappa shape index (κ2) is 3.38. The van der Waals surface area contributed by atoms with Crippen LogP contribution in [0.15, 0.2) is 0 Å². The molecule has 0 aliphatic carbocycles.